The van der Waals surface area contributed by atoms with E-state index in [1.165, 1.54) is 0 Å². The first-order chi connectivity index (χ1) is 15.4. The molecule has 6 rings (SSSR count). The molecule has 0 atom stereocenters. The van der Waals surface area contributed by atoms with Crippen LogP contribution in [0.2, 0.25) is 0 Å². The van der Waals surface area contributed by atoms with E-state index in [-0.39, 0.29) is 23.5 Å². The molecule has 0 unspecified atom stereocenters. The van der Waals surface area contributed by atoms with Crippen molar-refractivity contribution in [1.82, 2.24) is 9.80 Å². The molecule has 2 aromatic carbocycles. The number of amides is 2. The lowest BCUT2D eigenvalue weighted by molar-refractivity contribution is -0.139. The molecule has 2 saturated carbocycles. The second kappa shape index (κ2) is 6.82. The summed E-state index contributed by atoms with van der Waals surface area (Å²) >= 11 is 0. The van der Waals surface area contributed by atoms with E-state index in [2.05, 4.69) is 0 Å². The van der Waals surface area contributed by atoms with Crippen LogP contribution in [0.25, 0.3) is 11.1 Å². The second-order valence-electron chi connectivity index (χ2n) is 9.62. The number of nitrogen functional groups attached to an aromatic ring is 1. The second-order valence-corrected chi connectivity index (χ2v) is 9.62. The van der Waals surface area contributed by atoms with Crippen LogP contribution in [0.5, 0.6) is 5.75 Å². The summed E-state index contributed by atoms with van der Waals surface area (Å²) in [5, 5.41) is 9.66. The maximum absolute atomic E-state index is 13.1. The predicted octanol–water partition coefficient (Wildman–Crippen LogP) is 2.63. The third-order valence-corrected chi connectivity index (χ3v) is 7.08. The van der Waals surface area contributed by atoms with Gasteiger partial charge in [-0.25, -0.2) is 0 Å². The Morgan fingerprint density at radius 1 is 1.06 bits per heavy atom. The van der Waals surface area contributed by atoms with Gasteiger partial charge in [-0.05, 0) is 48.9 Å². The van der Waals surface area contributed by atoms with Gasteiger partial charge < -0.3 is 15.7 Å². The van der Waals surface area contributed by atoms with E-state index < -0.39 is 5.54 Å². The van der Waals surface area contributed by atoms with Crippen LogP contribution in [0.1, 0.15) is 31.2 Å². The number of hydrogen-bond donors (Lipinski definition) is 2. The molecule has 0 bridgehead atoms. The molecule has 7 heteroatoms. The van der Waals surface area contributed by atoms with Crippen LogP contribution >= 0.6 is 0 Å². The summed E-state index contributed by atoms with van der Waals surface area (Å²) < 4.78 is 0. The normalized spacial score (nSPS) is 21.6. The Balaban J connectivity index is 1.20. The molecule has 2 amide bonds. The fourth-order valence-electron chi connectivity index (χ4n) is 4.75. The van der Waals surface area contributed by atoms with Crippen molar-refractivity contribution >= 4 is 23.3 Å². The minimum Gasteiger partial charge on any atom is -0.506 e. The molecule has 7 nitrogen and oxygen atoms in total. The van der Waals surface area contributed by atoms with E-state index in [0.29, 0.717) is 18.2 Å². The molecule has 0 radical (unpaired) electrons. The molecule has 2 heterocycles. The third kappa shape index (κ3) is 3.15. The number of nitrogens with two attached hydrogens (primary N) is 1. The molecule has 1 spiro atoms. The van der Waals surface area contributed by atoms with Crippen molar-refractivity contribution in [3.05, 3.63) is 48.0 Å². The SMILES string of the molecule is Nc1cc(-c2ccc(C3=NC4(CC4)C(=O)N3CC3CN(C(=O)C4CC4)C3)cc2)ccc1O. The number of rotatable bonds is 5. The van der Waals surface area contributed by atoms with Gasteiger partial charge in [-0.15, -0.1) is 0 Å². The minimum absolute atomic E-state index is 0.0722. The zero-order valence-corrected chi connectivity index (χ0v) is 17.8. The highest BCUT2D eigenvalue weighted by molar-refractivity contribution is 6.16. The number of phenolic OH excluding ortho intramolecular Hbond substituents is 1. The summed E-state index contributed by atoms with van der Waals surface area (Å²) in [4.78, 5) is 34.0. The molecule has 32 heavy (non-hydrogen) atoms. The Morgan fingerprint density at radius 2 is 1.72 bits per heavy atom. The fourth-order valence-corrected chi connectivity index (χ4v) is 4.75. The van der Waals surface area contributed by atoms with Crippen molar-refractivity contribution in [3.8, 4) is 16.9 Å². The minimum atomic E-state index is -0.549. The molecule has 3 fully saturated rings. The number of amidine groups is 1. The van der Waals surface area contributed by atoms with Crippen LogP contribution < -0.4 is 5.73 Å². The van der Waals surface area contributed by atoms with Gasteiger partial charge in [0.2, 0.25) is 5.91 Å². The van der Waals surface area contributed by atoms with Gasteiger partial charge in [-0.1, -0.05) is 30.3 Å². The van der Waals surface area contributed by atoms with Crippen LogP contribution in [-0.4, -0.2) is 57.7 Å². The molecule has 2 aliphatic carbocycles. The lowest BCUT2D eigenvalue weighted by Gasteiger charge is -2.41. The first-order valence-corrected chi connectivity index (χ1v) is 11.3. The Bertz CT molecular complexity index is 1140. The predicted molar refractivity (Wildman–Crippen MR) is 121 cm³/mol. The molecule has 2 aliphatic heterocycles. The third-order valence-electron chi connectivity index (χ3n) is 7.08. The van der Waals surface area contributed by atoms with Crippen molar-refractivity contribution in [2.24, 2.45) is 16.8 Å². The van der Waals surface area contributed by atoms with Gasteiger partial charge in [-0.2, -0.15) is 0 Å². The van der Waals surface area contributed by atoms with Crippen molar-refractivity contribution in [2.75, 3.05) is 25.4 Å². The number of carbonyl (C=O) groups is 2. The topological polar surface area (TPSA) is 99.2 Å². The maximum atomic E-state index is 13.1. The quantitative estimate of drug-likeness (QED) is 0.563. The number of anilines is 1. The Hall–Kier alpha value is -3.35. The van der Waals surface area contributed by atoms with Crippen molar-refractivity contribution < 1.29 is 14.7 Å². The summed E-state index contributed by atoms with van der Waals surface area (Å²) in [7, 11) is 0. The molecule has 0 aromatic heterocycles. The number of carbonyl (C=O) groups excluding carboxylic acids is 2. The highest BCUT2D eigenvalue weighted by Crippen LogP contribution is 2.46. The number of aliphatic imine (C=N–C) groups is 1. The molecule has 4 aliphatic rings. The molecule has 3 N–H and O–H groups in total. The largest absolute Gasteiger partial charge is 0.506 e. The van der Waals surface area contributed by atoms with E-state index >= 15 is 0 Å². The lowest BCUT2D eigenvalue weighted by atomic mass is 9.97. The van der Waals surface area contributed by atoms with Crippen molar-refractivity contribution in [3.63, 3.8) is 0 Å². The lowest BCUT2D eigenvalue weighted by Crippen LogP contribution is -2.55. The first kappa shape index (κ1) is 19.3. The zero-order valence-electron chi connectivity index (χ0n) is 17.8. The number of aromatic hydroxyl groups is 1. The zero-order chi connectivity index (χ0) is 22.0. The summed E-state index contributed by atoms with van der Waals surface area (Å²) in [6.45, 7) is 2.09. The number of hydrogen-bond acceptors (Lipinski definition) is 5. The average Bonchev–Trinajstić information content (AvgIpc) is 3.67. The van der Waals surface area contributed by atoms with Gasteiger partial charge >= 0.3 is 0 Å². The van der Waals surface area contributed by atoms with Gasteiger partial charge in [0.1, 0.15) is 17.1 Å². The fraction of sp³-hybridized carbons (Fsp3) is 0.400. The number of phenols is 1. The van der Waals surface area contributed by atoms with Crippen molar-refractivity contribution in [1.29, 1.82) is 0 Å². The Kier molecular flexibility index (Phi) is 4.12. The Labute approximate surface area is 186 Å². The molecule has 1 saturated heterocycles. The monoisotopic (exact) mass is 430 g/mol. The van der Waals surface area contributed by atoms with Crippen LogP contribution in [0, 0.1) is 11.8 Å². The van der Waals surface area contributed by atoms with Crippen LogP contribution in [0.15, 0.2) is 47.5 Å². The van der Waals surface area contributed by atoms with Crippen molar-refractivity contribution in [2.45, 2.75) is 31.2 Å². The Morgan fingerprint density at radius 3 is 2.34 bits per heavy atom. The van der Waals surface area contributed by atoms with Gasteiger partial charge in [-0.3, -0.25) is 19.5 Å². The van der Waals surface area contributed by atoms with Gasteiger partial charge in [0.25, 0.3) is 5.91 Å². The molecule has 2 aromatic rings. The van der Waals surface area contributed by atoms with Crippen LogP contribution in [0.3, 0.4) is 0 Å². The number of nitrogens with zero attached hydrogens (tertiary/aromatic N) is 3. The summed E-state index contributed by atoms with van der Waals surface area (Å²) in [6.07, 6.45) is 3.68. The summed E-state index contributed by atoms with van der Waals surface area (Å²) in [6, 6.07) is 13.1. The van der Waals surface area contributed by atoms with Crippen LogP contribution in [-0.2, 0) is 9.59 Å². The van der Waals surface area contributed by atoms with Crippen LogP contribution in [0.4, 0.5) is 5.69 Å². The van der Waals surface area contributed by atoms with E-state index in [9.17, 15) is 14.7 Å². The van der Waals surface area contributed by atoms with E-state index in [1.54, 1.807) is 12.1 Å². The van der Waals surface area contributed by atoms with Gasteiger partial charge in [0.15, 0.2) is 0 Å². The van der Waals surface area contributed by atoms with Gasteiger partial charge in [0, 0.05) is 37.0 Å². The highest BCUT2D eigenvalue weighted by Gasteiger charge is 2.57. The van der Waals surface area contributed by atoms with E-state index in [0.717, 1.165) is 61.3 Å². The first-order valence-electron chi connectivity index (χ1n) is 11.3. The molecular formula is C25H26N4O3. The van der Waals surface area contributed by atoms with E-state index in [1.807, 2.05) is 40.1 Å². The number of benzene rings is 2. The molecular weight excluding hydrogens is 404 g/mol. The van der Waals surface area contributed by atoms with Gasteiger partial charge in [0.05, 0.1) is 5.69 Å². The smallest absolute Gasteiger partial charge is 0.256 e. The summed E-state index contributed by atoms with van der Waals surface area (Å²) in [5.41, 5.74) is 8.44. The molecule has 164 valence electrons. The van der Waals surface area contributed by atoms with E-state index in [4.69, 9.17) is 10.7 Å². The summed E-state index contributed by atoms with van der Waals surface area (Å²) in [5.74, 6) is 1.76. The standard InChI is InChI=1S/C25H26N4O3/c26-20-11-19(7-8-21(20)30)16-1-3-17(4-2-16)22-27-25(9-10-25)24(32)29(22)14-15-12-28(13-15)23(31)18-5-6-18/h1-4,7-8,11,15,18,30H,5-6,9-10,12-14,26H2. The maximum Gasteiger partial charge on any atom is 0.256 e. The average molecular weight is 431 g/mol. The number of likely N-dealkylation sites (tertiary alicyclic amines) is 1. The highest BCUT2D eigenvalue weighted by atomic mass is 16.3.